The topological polar surface area (TPSA) is 21.7 Å². The normalized spacial score (nSPS) is 26.9. The summed E-state index contributed by atoms with van der Waals surface area (Å²) in [6.07, 6.45) is 5.31. The van der Waals surface area contributed by atoms with Crippen LogP contribution in [0.3, 0.4) is 0 Å². The maximum Gasteiger partial charge on any atom is 0.120 e. The van der Waals surface area contributed by atoms with Gasteiger partial charge in [-0.2, -0.15) is 0 Å². The van der Waals surface area contributed by atoms with Crippen LogP contribution in [0, 0.1) is 16.7 Å². The number of rotatable bonds is 4. The lowest BCUT2D eigenvalue weighted by molar-refractivity contribution is -0.191. The second-order valence-corrected chi connectivity index (χ2v) is 10.9. The van der Waals surface area contributed by atoms with Crippen molar-refractivity contribution in [1.29, 1.82) is 0 Å². The maximum absolute atomic E-state index is 6.37. The highest BCUT2D eigenvalue weighted by atomic mass is 16.5. The van der Waals surface area contributed by atoms with Gasteiger partial charge in [-0.25, -0.2) is 0 Å². The molecule has 29 heavy (non-hydrogen) atoms. The van der Waals surface area contributed by atoms with Gasteiger partial charge in [0.2, 0.25) is 0 Å². The number of benzene rings is 2. The van der Waals surface area contributed by atoms with Crippen molar-refractivity contribution in [2.75, 3.05) is 26.3 Å². The standard InChI is InChI=1S/C26H35NO2/c1-25(2,3)22-7-10-23(11-8-22)29-24-9-6-20-12-19(4-5-21(20)13-24)14-27-15-26(16-27)17-28-18-26/h4-6,9,12-13,22-23H,7-8,10-11,14-18H2,1-3H3. The molecule has 2 aliphatic heterocycles. The highest BCUT2D eigenvalue weighted by Gasteiger charge is 2.48. The van der Waals surface area contributed by atoms with E-state index in [4.69, 9.17) is 9.47 Å². The van der Waals surface area contributed by atoms with Gasteiger partial charge in [0.25, 0.3) is 0 Å². The Morgan fingerprint density at radius 1 is 0.966 bits per heavy atom. The fraction of sp³-hybridized carbons (Fsp3) is 0.615. The van der Waals surface area contributed by atoms with E-state index in [2.05, 4.69) is 62.1 Å². The largest absolute Gasteiger partial charge is 0.490 e. The first-order chi connectivity index (χ1) is 13.9. The van der Waals surface area contributed by atoms with E-state index in [1.807, 2.05) is 0 Å². The summed E-state index contributed by atoms with van der Waals surface area (Å²) in [5, 5.41) is 2.59. The van der Waals surface area contributed by atoms with Crippen LogP contribution in [0.4, 0.5) is 0 Å². The second kappa shape index (κ2) is 7.28. The molecule has 2 aromatic rings. The number of likely N-dealkylation sites (tertiary alicyclic amines) is 1. The lowest BCUT2D eigenvalue weighted by Gasteiger charge is -2.55. The van der Waals surface area contributed by atoms with Crippen molar-refractivity contribution in [3.8, 4) is 5.75 Å². The average Bonchev–Trinajstić information content (AvgIpc) is 2.62. The van der Waals surface area contributed by atoms with E-state index in [1.165, 1.54) is 55.1 Å². The average molecular weight is 394 g/mol. The molecule has 3 nitrogen and oxygen atoms in total. The Labute approximate surface area is 175 Å². The van der Waals surface area contributed by atoms with Gasteiger partial charge < -0.3 is 9.47 Å². The van der Waals surface area contributed by atoms with Crippen molar-refractivity contribution in [2.45, 2.75) is 59.1 Å². The van der Waals surface area contributed by atoms with Crippen molar-refractivity contribution >= 4 is 10.8 Å². The van der Waals surface area contributed by atoms with Crippen LogP contribution in [0.15, 0.2) is 36.4 Å². The van der Waals surface area contributed by atoms with Crippen LogP contribution in [0.2, 0.25) is 0 Å². The number of fused-ring (bicyclic) bond motifs is 1. The van der Waals surface area contributed by atoms with Crippen LogP contribution in [0.5, 0.6) is 5.75 Å². The van der Waals surface area contributed by atoms with Crippen molar-refractivity contribution in [1.82, 2.24) is 4.90 Å². The van der Waals surface area contributed by atoms with Gasteiger partial charge in [-0.15, -0.1) is 0 Å². The van der Waals surface area contributed by atoms with Crippen molar-refractivity contribution in [3.63, 3.8) is 0 Å². The summed E-state index contributed by atoms with van der Waals surface area (Å²) in [4.78, 5) is 2.54. The minimum Gasteiger partial charge on any atom is -0.490 e. The summed E-state index contributed by atoms with van der Waals surface area (Å²) in [5.41, 5.74) is 2.32. The highest BCUT2D eigenvalue weighted by molar-refractivity contribution is 5.84. The van der Waals surface area contributed by atoms with Crippen LogP contribution in [0.25, 0.3) is 10.8 Å². The molecule has 0 atom stereocenters. The van der Waals surface area contributed by atoms with Gasteiger partial charge in [0, 0.05) is 25.0 Å². The molecule has 1 spiro atoms. The quantitative estimate of drug-likeness (QED) is 0.669. The van der Waals surface area contributed by atoms with Crippen LogP contribution in [-0.2, 0) is 11.3 Å². The van der Waals surface area contributed by atoms with Crippen molar-refractivity contribution in [3.05, 3.63) is 42.0 Å². The first-order valence-electron chi connectivity index (χ1n) is 11.4. The molecule has 0 amide bonds. The van der Waals surface area contributed by atoms with Gasteiger partial charge in [0.1, 0.15) is 5.75 Å². The Hall–Kier alpha value is -1.58. The third kappa shape index (κ3) is 4.04. The Morgan fingerprint density at radius 2 is 1.66 bits per heavy atom. The molecule has 156 valence electrons. The molecule has 2 heterocycles. The molecule has 3 aliphatic rings. The SMILES string of the molecule is CC(C)(C)C1CCC(Oc2ccc3cc(CN4CC5(COC5)C4)ccc3c2)CC1. The lowest BCUT2D eigenvalue weighted by Crippen LogP contribution is -2.65. The summed E-state index contributed by atoms with van der Waals surface area (Å²) < 4.78 is 11.8. The maximum atomic E-state index is 6.37. The lowest BCUT2D eigenvalue weighted by atomic mass is 9.72. The predicted molar refractivity (Wildman–Crippen MR) is 118 cm³/mol. The molecule has 5 rings (SSSR count). The Bertz CT molecular complexity index is 864. The van der Waals surface area contributed by atoms with Crippen LogP contribution >= 0.6 is 0 Å². The highest BCUT2D eigenvalue weighted by Crippen LogP contribution is 2.40. The van der Waals surface area contributed by atoms with Gasteiger partial charge >= 0.3 is 0 Å². The molecule has 1 saturated carbocycles. The van der Waals surface area contributed by atoms with Gasteiger partial charge in [0.05, 0.1) is 19.3 Å². The Morgan fingerprint density at radius 3 is 2.31 bits per heavy atom. The molecule has 1 aliphatic carbocycles. The molecule has 0 unspecified atom stereocenters. The molecule has 2 saturated heterocycles. The van der Waals surface area contributed by atoms with Crippen LogP contribution in [0.1, 0.15) is 52.0 Å². The molecule has 0 N–H and O–H groups in total. The monoisotopic (exact) mass is 393 g/mol. The smallest absolute Gasteiger partial charge is 0.120 e. The fourth-order valence-electron chi connectivity index (χ4n) is 5.53. The van der Waals surface area contributed by atoms with Gasteiger partial charge in [-0.1, -0.05) is 39.0 Å². The molecule has 2 aromatic carbocycles. The van der Waals surface area contributed by atoms with E-state index in [0.717, 1.165) is 31.4 Å². The molecular formula is C26H35NO2. The van der Waals surface area contributed by atoms with E-state index in [0.29, 0.717) is 16.9 Å². The predicted octanol–water partition coefficient (Wildman–Crippen LogP) is 5.66. The number of nitrogens with zero attached hydrogens (tertiary/aromatic N) is 1. The minimum absolute atomic E-state index is 0.375. The second-order valence-electron chi connectivity index (χ2n) is 10.9. The molecule has 0 aromatic heterocycles. The molecular weight excluding hydrogens is 358 g/mol. The summed E-state index contributed by atoms with van der Waals surface area (Å²) in [6, 6.07) is 13.5. The number of ether oxygens (including phenoxy) is 2. The third-order valence-electron chi connectivity index (χ3n) is 7.42. The van der Waals surface area contributed by atoms with Crippen LogP contribution in [-0.4, -0.2) is 37.3 Å². The summed E-state index contributed by atoms with van der Waals surface area (Å²) in [7, 11) is 0. The molecule has 3 heteroatoms. The van der Waals surface area contributed by atoms with E-state index in [1.54, 1.807) is 0 Å². The summed E-state index contributed by atoms with van der Waals surface area (Å²) >= 11 is 0. The zero-order chi connectivity index (χ0) is 20.1. The number of hydrogen-bond acceptors (Lipinski definition) is 3. The Kier molecular flexibility index (Phi) is 4.87. The first-order valence-corrected chi connectivity index (χ1v) is 11.4. The van der Waals surface area contributed by atoms with Crippen molar-refractivity contribution < 1.29 is 9.47 Å². The zero-order valence-corrected chi connectivity index (χ0v) is 18.2. The number of hydrogen-bond donors (Lipinski definition) is 0. The molecule has 0 bridgehead atoms. The minimum atomic E-state index is 0.375. The first kappa shape index (κ1) is 19.4. The Balaban J connectivity index is 1.19. The summed E-state index contributed by atoms with van der Waals surface area (Å²) in [6.45, 7) is 12.5. The third-order valence-corrected chi connectivity index (χ3v) is 7.42. The zero-order valence-electron chi connectivity index (χ0n) is 18.2. The summed E-state index contributed by atoms with van der Waals surface area (Å²) in [5.74, 6) is 1.86. The van der Waals surface area contributed by atoms with E-state index in [9.17, 15) is 0 Å². The van der Waals surface area contributed by atoms with Gasteiger partial charge in [-0.3, -0.25) is 4.90 Å². The van der Waals surface area contributed by atoms with Gasteiger partial charge in [-0.05, 0) is 71.6 Å². The van der Waals surface area contributed by atoms with E-state index in [-0.39, 0.29) is 0 Å². The fourth-order valence-corrected chi connectivity index (χ4v) is 5.53. The van der Waals surface area contributed by atoms with E-state index < -0.39 is 0 Å². The van der Waals surface area contributed by atoms with Crippen molar-refractivity contribution in [2.24, 2.45) is 16.7 Å². The van der Waals surface area contributed by atoms with Crippen LogP contribution < -0.4 is 4.74 Å². The van der Waals surface area contributed by atoms with Gasteiger partial charge in [0.15, 0.2) is 0 Å². The molecule has 3 fully saturated rings. The molecule has 0 radical (unpaired) electrons. The van der Waals surface area contributed by atoms with E-state index >= 15 is 0 Å².